The number of H-pyrrole nitrogens is 1. The number of rotatable bonds is 5. The second-order valence-electron chi connectivity index (χ2n) is 6.98. The van der Waals surface area contributed by atoms with Crippen LogP contribution in [0.5, 0.6) is 0 Å². The lowest BCUT2D eigenvalue weighted by atomic mass is 10.3. The molecule has 0 spiro atoms. The van der Waals surface area contributed by atoms with E-state index in [4.69, 9.17) is 0 Å². The van der Waals surface area contributed by atoms with Crippen molar-refractivity contribution in [3.63, 3.8) is 0 Å². The van der Waals surface area contributed by atoms with Crippen LogP contribution in [-0.2, 0) is 6.54 Å². The SMILES string of the molecule is Cc1cn2c(-c3cn[nH]c3)cnc2c(Nc2cc(CN3CCC(F)C3)ns2)n1. The molecule has 4 aromatic rings. The second-order valence-corrected chi connectivity index (χ2v) is 7.79. The van der Waals surface area contributed by atoms with Gasteiger partial charge in [0, 0.05) is 37.6 Å². The number of nitrogens with zero attached hydrogens (tertiary/aromatic N) is 6. The van der Waals surface area contributed by atoms with Crippen LogP contribution in [0.15, 0.2) is 30.9 Å². The quantitative estimate of drug-likeness (QED) is 0.537. The van der Waals surface area contributed by atoms with E-state index < -0.39 is 6.17 Å². The highest BCUT2D eigenvalue weighted by Crippen LogP contribution is 2.28. The Hall–Kier alpha value is -2.85. The Labute approximate surface area is 164 Å². The fourth-order valence-corrected chi connectivity index (χ4v) is 4.17. The van der Waals surface area contributed by atoms with Crippen LogP contribution in [-0.4, -0.2) is 53.1 Å². The van der Waals surface area contributed by atoms with Gasteiger partial charge < -0.3 is 5.32 Å². The van der Waals surface area contributed by atoms with E-state index in [0.717, 1.165) is 39.8 Å². The van der Waals surface area contributed by atoms with E-state index in [1.807, 2.05) is 36.0 Å². The van der Waals surface area contributed by atoms with E-state index in [2.05, 4.69) is 34.8 Å². The van der Waals surface area contributed by atoms with Gasteiger partial charge in [-0.15, -0.1) is 0 Å². The number of imidazole rings is 1. The molecule has 2 N–H and O–H groups in total. The van der Waals surface area contributed by atoms with Gasteiger partial charge >= 0.3 is 0 Å². The predicted molar refractivity (Wildman–Crippen MR) is 105 cm³/mol. The minimum absolute atomic E-state index is 0.491. The Balaban J connectivity index is 1.41. The topological polar surface area (TPSA) is 87.0 Å². The third-order valence-electron chi connectivity index (χ3n) is 4.81. The van der Waals surface area contributed by atoms with E-state index in [-0.39, 0.29) is 0 Å². The number of fused-ring (bicyclic) bond motifs is 1. The maximum absolute atomic E-state index is 13.4. The average Bonchev–Trinajstić information content (AvgIpc) is 3.43. The summed E-state index contributed by atoms with van der Waals surface area (Å²) in [5.41, 5.74) is 4.44. The first kappa shape index (κ1) is 17.3. The maximum Gasteiger partial charge on any atom is 0.180 e. The van der Waals surface area contributed by atoms with Gasteiger partial charge in [-0.05, 0) is 30.9 Å². The summed E-state index contributed by atoms with van der Waals surface area (Å²) < 4.78 is 19.9. The Morgan fingerprint density at radius 1 is 1.39 bits per heavy atom. The number of aromatic nitrogens is 6. The molecule has 0 bridgehead atoms. The summed E-state index contributed by atoms with van der Waals surface area (Å²) in [6.45, 7) is 3.89. The zero-order chi connectivity index (χ0) is 19.1. The zero-order valence-electron chi connectivity index (χ0n) is 15.3. The molecular formula is C18H19FN8S. The van der Waals surface area contributed by atoms with Gasteiger partial charge in [-0.2, -0.15) is 9.47 Å². The Kier molecular flexibility index (Phi) is 4.29. The summed E-state index contributed by atoms with van der Waals surface area (Å²) in [4.78, 5) is 11.3. The van der Waals surface area contributed by atoms with Crippen molar-refractivity contribution < 1.29 is 4.39 Å². The van der Waals surface area contributed by atoms with Crippen LogP contribution >= 0.6 is 11.5 Å². The number of hydrogen-bond donors (Lipinski definition) is 2. The molecule has 10 heteroatoms. The smallest absolute Gasteiger partial charge is 0.180 e. The fourth-order valence-electron chi connectivity index (χ4n) is 3.52. The molecule has 5 rings (SSSR count). The first-order valence-electron chi connectivity index (χ1n) is 9.08. The molecule has 0 saturated carbocycles. The average molecular weight is 398 g/mol. The number of halogens is 1. The third kappa shape index (κ3) is 3.25. The molecule has 0 aromatic carbocycles. The molecule has 1 fully saturated rings. The maximum atomic E-state index is 13.4. The molecule has 0 aliphatic carbocycles. The van der Waals surface area contributed by atoms with Crippen molar-refractivity contribution >= 4 is 28.0 Å². The van der Waals surface area contributed by atoms with Crippen LogP contribution < -0.4 is 5.32 Å². The summed E-state index contributed by atoms with van der Waals surface area (Å²) in [6.07, 6.45) is 7.26. The lowest BCUT2D eigenvalue weighted by Gasteiger charge is -2.11. The normalized spacial score (nSPS) is 17.6. The molecule has 1 aliphatic heterocycles. The minimum atomic E-state index is -0.717. The first-order valence-corrected chi connectivity index (χ1v) is 9.86. The second kappa shape index (κ2) is 6.95. The highest BCUT2D eigenvalue weighted by Gasteiger charge is 2.22. The van der Waals surface area contributed by atoms with Crippen LogP contribution in [0.1, 0.15) is 17.8 Å². The summed E-state index contributed by atoms with van der Waals surface area (Å²) in [6, 6.07) is 2.00. The van der Waals surface area contributed by atoms with Gasteiger partial charge in [0.1, 0.15) is 11.2 Å². The number of anilines is 2. The molecule has 1 unspecified atom stereocenters. The van der Waals surface area contributed by atoms with Gasteiger partial charge in [0.2, 0.25) is 0 Å². The van der Waals surface area contributed by atoms with Crippen molar-refractivity contribution in [3.8, 4) is 11.3 Å². The highest BCUT2D eigenvalue weighted by molar-refractivity contribution is 7.10. The van der Waals surface area contributed by atoms with Crippen molar-refractivity contribution in [1.29, 1.82) is 0 Å². The van der Waals surface area contributed by atoms with Crippen molar-refractivity contribution in [2.45, 2.75) is 26.1 Å². The first-order chi connectivity index (χ1) is 13.7. The van der Waals surface area contributed by atoms with E-state index >= 15 is 0 Å². The minimum Gasteiger partial charge on any atom is -0.328 e. The van der Waals surface area contributed by atoms with E-state index in [1.165, 1.54) is 11.5 Å². The molecule has 4 aromatic heterocycles. The molecular weight excluding hydrogens is 379 g/mol. The number of alkyl halides is 1. The Morgan fingerprint density at radius 3 is 3.11 bits per heavy atom. The van der Waals surface area contributed by atoms with Crippen LogP contribution in [0.3, 0.4) is 0 Å². The molecule has 0 radical (unpaired) electrons. The molecule has 144 valence electrons. The number of aromatic amines is 1. The monoisotopic (exact) mass is 398 g/mol. The van der Waals surface area contributed by atoms with Crippen molar-refractivity contribution in [2.24, 2.45) is 0 Å². The van der Waals surface area contributed by atoms with Gasteiger partial charge in [0.05, 0.1) is 29.5 Å². The van der Waals surface area contributed by atoms with E-state index in [1.54, 1.807) is 6.20 Å². The van der Waals surface area contributed by atoms with Crippen LogP contribution in [0.4, 0.5) is 15.2 Å². The van der Waals surface area contributed by atoms with Gasteiger partial charge in [-0.25, -0.2) is 14.4 Å². The number of nitrogens with one attached hydrogen (secondary N) is 2. The van der Waals surface area contributed by atoms with E-state index in [9.17, 15) is 4.39 Å². The molecule has 1 atom stereocenters. The lowest BCUT2D eigenvalue weighted by Crippen LogP contribution is -2.20. The highest BCUT2D eigenvalue weighted by atomic mass is 32.1. The van der Waals surface area contributed by atoms with Crippen molar-refractivity contribution in [3.05, 3.63) is 42.2 Å². The standard InChI is InChI=1S/C18H19FN8S/c1-11-8-27-15(12-5-21-22-6-12)7-20-18(27)17(23-11)24-16-4-14(25-28-16)10-26-3-2-13(19)9-26/h4-8,13H,2-3,9-10H2,1H3,(H,21,22)(H,23,24). The van der Waals surface area contributed by atoms with Gasteiger partial charge in [0.15, 0.2) is 11.5 Å². The number of hydrogen-bond acceptors (Lipinski definition) is 7. The van der Waals surface area contributed by atoms with Crippen molar-refractivity contribution in [1.82, 2.24) is 33.8 Å². The summed E-state index contributed by atoms with van der Waals surface area (Å²) in [7, 11) is 0. The molecule has 28 heavy (non-hydrogen) atoms. The van der Waals surface area contributed by atoms with Gasteiger partial charge in [0.25, 0.3) is 0 Å². The molecule has 5 heterocycles. The lowest BCUT2D eigenvalue weighted by molar-refractivity contribution is 0.281. The summed E-state index contributed by atoms with van der Waals surface area (Å²) >= 11 is 1.37. The zero-order valence-corrected chi connectivity index (χ0v) is 16.1. The number of aryl methyl sites for hydroxylation is 1. The van der Waals surface area contributed by atoms with Crippen LogP contribution in [0, 0.1) is 6.92 Å². The van der Waals surface area contributed by atoms with Crippen molar-refractivity contribution in [2.75, 3.05) is 18.4 Å². The fraction of sp³-hybridized carbons (Fsp3) is 0.333. The predicted octanol–water partition coefficient (Wildman–Crippen LogP) is 3.17. The molecule has 1 saturated heterocycles. The molecule has 8 nitrogen and oxygen atoms in total. The number of likely N-dealkylation sites (tertiary alicyclic amines) is 1. The Morgan fingerprint density at radius 2 is 2.32 bits per heavy atom. The van der Waals surface area contributed by atoms with Crippen LogP contribution in [0.25, 0.3) is 16.9 Å². The van der Waals surface area contributed by atoms with E-state index in [0.29, 0.717) is 25.3 Å². The third-order valence-corrected chi connectivity index (χ3v) is 5.55. The van der Waals surface area contributed by atoms with Gasteiger partial charge in [-0.3, -0.25) is 14.4 Å². The molecule has 1 aliphatic rings. The molecule has 0 amide bonds. The summed E-state index contributed by atoms with van der Waals surface area (Å²) in [5.74, 6) is 0.676. The van der Waals surface area contributed by atoms with Crippen LogP contribution in [0.2, 0.25) is 0 Å². The van der Waals surface area contributed by atoms with Gasteiger partial charge in [-0.1, -0.05) is 0 Å². The largest absolute Gasteiger partial charge is 0.328 e. The Bertz CT molecular complexity index is 1100. The summed E-state index contributed by atoms with van der Waals surface area (Å²) in [5, 5.41) is 11.1.